The van der Waals surface area contributed by atoms with Crippen molar-refractivity contribution in [3.63, 3.8) is 0 Å². The molecule has 13 heteroatoms. The lowest BCUT2D eigenvalue weighted by molar-refractivity contribution is -0.160. The third kappa shape index (κ3) is 4.62. The van der Waals surface area contributed by atoms with E-state index in [9.17, 15) is 28.8 Å². The molecule has 0 saturated heterocycles. The van der Waals surface area contributed by atoms with E-state index in [0.29, 0.717) is 25.7 Å². The number of ketones is 4. The average Bonchev–Trinajstić information content (AvgIpc) is 3.33. The highest BCUT2D eigenvalue weighted by molar-refractivity contribution is 8.26. The van der Waals surface area contributed by atoms with Crippen molar-refractivity contribution in [1.82, 2.24) is 0 Å². The Morgan fingerprint density at radius 3 is 1.37 bits per heavy atom. The van der Waals surface area contributed by atoms with Crippen LogP contribution in [0.25, 0.3) is 0 Å². The van der Waals surface area contributed by atoms with E-state index < -0.39 is 65.2 Å². The minimum Gasteiger partial charge on any atom is -0.480 e. The van der Waals surface area contributed by atoms with Gasteiger partial charge in [-0.2, -0.15) is 0 Å². The second-order valence-corrected chi connectivity index (χ2v) is 12.5. The van der Waals surface area contributed by atoms with Gasteiger partial charge in [0.1, 0.15) is 10.8 Å². The Hall–Kier alpha value is -1.64. The van der Waals surface area contributed by atoms with E-state index in [-0.39, 0.29) is 11.8 Å². The summed E-state index contributed by atoms with van der Waals surface area (Å²) in [6.45, 7) is 6.99. The number of carbonyl (C=O) groups excluding carboxylic acids is 5. The van der Waals surface area contributed by atoms with Crippen LogP contribution in [0.2, 0.25) is 0 Å². The Morgan fingerprint density at radius 2 is 1.20 bits per heavy atom. The van der Waals surface area contributed by atoms with Gasteiger partial charge in [-0.05, 0) is 48.1 Å². The molecule has 196 valence electrons. The van der Waals surface area contributed by atoms with Crippen LogP contribution in [0.3, 0.4) is 0 Å². The first kappa shape index (κ1) is 31.4. The van der Waals surface area contributed by atoms with Gasteiger partial charge >= 0.3 is 5.97 Å². The van der Waals surface area contributed by atoms with Crippen molar-refractivity contribution in [2.75, 3.05) is 0 Å². The molecule has 4 atom stereocenters. The zero-order valence-electron chi connectivity index (χ0n) is 20.4. The minimum absolute atomic E-state index is 0.308. The maximum Gasteiger partial charge on any atom is 0.318 e. The Labute approximate surface area is 220 Å². The fourth-order valence-corrected chi connectivity index (χ4v) is 6.49. The average molecular weight is 575 g/mol. The second-order valence-electron chi connectivity index (χ2n) is 9.59. The molecule has 0 aliphatic heterocycles. The molecule has 0 radical (unpaired) electrons. The highest BCUT2D eigenvalue weighted by Crippen LogP contribution is 2.63. The molecule has 0 spiro atoms. The molecule has 4 aliphatic carbocycles. The van der Waals surface area contributed by atoms with Gasteiger partial charge in [0.15, 0.2) is 0 Å². The van der Waals surface area contributed by atoms with E-state index >= 15 is 0 Å². The molecule has 0 aromatic heterocycles. The molecular formula is C22H27Cl3O9S. The van der Waals surface area contributed by atoms with Crippen molar-refractivity contribution >= 4 is 76.5 Å². The molecule has 4 aliphatic rings. The lowest BCUT2D eigenvalue weighted by atomic mass is 9.69. The number of carbonyl (C=O) groups is 6. The van der Waals surface area contributed by atoms with Gasteiger partial charge in [-0.1, -0.05) is 27.7 Å². The smallest absolute Gasteiger partial charge is 0.318 e. The van der Waals surface area contributed by atoms with Gasteiger partial charge in [0.2, 0.25) is 39.0 Å². The Balaban J connectivity index is 0.000000531. The van der Waals surface area contributed by atoms with Crippen molar-refractivity contribution in [1.29, 1.82) is 0 Å². The summed E-state index contributed by atoms with van der Waals surface area (Å²) < 4.78 is 13.8. The Kier molecular flexibility index (Phi) is 10.0. The van der Waals surface area contributed by atoms with E-state index in [1.54, 1.807) is 27.7 Å². The van der Waals surface area contributed by atoms with Crippen molar-refractivity contribution in [2.24, 2.45) is 33.5 Å². The number of Topliss-reactive ketones (excluding diaryl/α,β-unsaturated/α-hetero) is 4. The number of terminal acetylenes is 1. The third-order valence-electron chi connectivity index (χ3n) is 8.11. The van der Waals surface area contributed by atoms with Gasteiger partial charge in [0.25, 0.3) is 0 Å². The standard InChI is InChI=1S/C10H11ClO3.C10H12O4.C2H2.Cl2OS.H2O/c1-9(2)5-3-4-10(9,8(11)14)7(13)6(5)12;1-9(2)5-3-4-10(9,8(13)14)7(12)6(5)11;1-2;1-4(2)3;/h5H,3-4H2,1-2H3;5H,3-4H2,1-2H3,(H,13,14);1-2H;;1H2/i/hD. The molecule has 4 bridgehead atoms. The van der Waals surface area contributed by atoms with Gasteiger partial charge in [-0.15, -0.1) is 12.8 Å². The molecule has 35 heavy (non-hydrogen) atoms. The topological polar surface area (TPSA) is 171 Å². The number of fused-ring (bicyclic) bond motifs is 4. The van der Waals surface area contributed by atoms with E-state index in [1.165, 1.54) is 0 Å². The van der Waals surface area contributed by atoms with E-state index in [2.05, 4.69) is 34.2 Å². The quantitative estimate of drug-likeness (QED) is 0.227. The molecular weight excluding hydrogens is 547 g/mol. The third-order valence-corrected chi connectivity index (χ3v) is 8.44. The maximum absolute atomic E-state index is 11.7. The Bertz CT molecular complexity index is 936. The summed E-state index contributed by atoms with van der Waals surface area (Å²) in [6.07, 6.45) is 9.88. The summed E-state index contributed by atoms with van der Waals surface area (Å²) >= 11 is 5.50. The Morgan fingerprint density at radius 1 is 0.914 bits per heavy atom. The normalized spacial score (nSPS) is 32.6. The van der Waals surface area contributed by atoms with Crippen LogP contribution in [0.15, 0.2) is 0 Å². The van der Waals surface area contributed by atoms with E-state index in [0.717, 1.165) is 0 Å². The molecule has 0 heterocycles. The summed E-state index contributed by atoms with van der Waals surface area (Å²) in [7, 11) is 7.36. The van der Waals surface area contributed by atoms with Gasteiger partial charge in [-0.3, -0.25) is 28.8 Å². The van der Waals surface area contributed by atoms with Gasteiger partial charge < -0.3 is 10.6 Å². The summed E-state index contributed by atoms with van der Waals surface area (Å²) in [5.41, 5.74) is 2.28. The number of carboxylic acids is 1. The number of aliphatic carboxylic acids is 1. The first-order valence-corrected chi connectivity index (χ1v) is 13.3. The lowest BCUT2D eigenvalue weighted by Crippen LogP contribution is -2.44. The monoisotopic (exact) mass is 573 g/mol. The molecule has 9 nitrogen and oxygen atoms in total. The fourth-order valence-electron chi connectivity index (χ4n) is 6.07. The van der Waals surface area contributed by atoms with Crippen molar-refractivity contribution in [3.8, 4) is 12.8 Å². The fraction of sp³-hybridized carbons (Fsp3) is 0.636. The first-order valence-electron chi connectivity index (χ1n) is 10.6. The highest BCUT2D eigenvalue weighted by Gasteiger charge is 2.73. The van der Waals surface area contributed by atoms with Crippen LogP contribution in [0.4, 0.5) is 0 Å². The highest BCUT2D eigenvalue weighted by atomic mass is 36.0. The maximum atomic E-state index is 11.7. The molecule has 4 fully saturated rings. The number of carboxylic acid groups (broad SMARTS) is 1. The largest absolute Gasteiger partial charge is 0.480 e. The van der Waals surface area contributed by atoms with Gasteiger partial charge in [-0.25, -0.2) is 4.21 Å². The summed E-state index contributed by atoms with van der Waals surface area (Å²) in [5, 5.41) is 8.48. The molecule has 4 unspecified atom stereocenters. The molecule has 4 saturated carbocycles. The zero-order chi connectivity index (χ0) is 29.0. The van der Waals surface area contributed by atoms with Crippen LogP contribution < -0.4 is 0 Å². The summed E-state index contributed by atoms with van der Waals surface area (Å²) in [5.74, 6) is -3.98. The van der Waals surface area contributed by atoms with Crippen LogP contribution in [-0.4, -0.2) is 49.1 Å². The van der Waals surface area contributed by atoms with Crippen LogP contribution in [0.1, 0.15) is 54.8 Å². The molecule has 3 N–H and O–H groups in total. The second kappa shape index (κ2) is 11.2. The van der Waals surface area contributed by atoms with E-state index in [1.807, 2.05) is 0 Å². The van der Waals surface area contributed by atoms with Crippen molar-refractivity contribution < 1.29 is 45.0 Å². The number of hydrogen-bond donors (Lipinski definition) is 1. The van der Waals surface area contributed by atoms with Gasteiger partial charge in [0.05, 0.1) is 0 Å². The minimum atomic E-state index is -1.67. The summed E-state index contributed by atoms with van der Waals surface area (Å²) in [6, 6.07) is 0. The predicted octanol–water partition coefficient (Wildman–Crippen LogP) is 2.44. The number of rotatable bonds is 2. The molecule has 0 amide bonds. The van der Waals surface area contributed by atoms with Crippen molar-refractivity contribution in [2.45, 2.75) is 53.4 Å². The predicted molar refractivity (Wildman–Crippen MR) is 130 cm³/mol. The SMILES string of the molecule is C#C.CC1(C)C2CCC1(C(=O)Cl)C(=O)C2=O.CC1(C)C2CCC1(C(=O)O)C(=O)C2=O.O=S(Cl)Cl.[2H]O. The van der Waals surface area contributed by atoms with Crippen LogP contribution in [-0.2, 0) is 38.0 Å². The van der Waals surface area contributed by atoms with Crippen LogP contribution in [0.5, 0.6) is 0 Å². The van der Waals surface area contributed by atoms with Crippen molar-refractivity contribution in [3.05, 3.63) is 0 Å². The first-order chi connectivity index (χ1) is 16.4. The van der Waals surface area contributed by atoms with E-state index in [4.69, 9.17) is 27.8 Å². The molecule has 4 rings (SSSR count). The number of halogens is 3. The zero-order valence-corrected chi connectivity index (χ0v) is 22.5. The lowest BCUT2D eigenvalue weighted by Gasteiger charge is -2.31. The molecule has 0 aromatic rings. The summed E-state index contributed by atoms with van der Waals surface area (Å²) in [4.78, 5) is 68.9. The van der Waals surface area contributed by atoms with Gasteiger partial charge in [0, 0.05) is 33.2 Å². The van der Waals surface area contributed by atoms with Crippen LogP contribution in [0, 0.1) is 46.3 Å². The molecule has 0 aromatic carbocycles. The number of hydrogen-bond acceptors (Lipinski definition) is 7. The van der Waals surface area contributed by atoms with Crippen LogP contribution >= 0.6 is 33.0 Å².